The van der Waals surface area contributed by atoms with E-state index < -0.39 is 74.4 Å². The average Bonchev–Trinajstić information content (AvgIpc) is 4.19. The van der Waals surface area contributed by atoms with Crippen LogP contribution >= 0.6 is 0 Å². The Balaban J connectivity index is 1.07. The van der Waals surface area contributed by atoms with Gasteiger partial charge in [-0.15, -0.1) is 0 Å². The number of nitrogens with one attached hydrogen (secondary N) is 4. The van der Waals surface area contributed by atoms with E-state index in [9.17, 15) is 40.8 Å². The maximum atomic E-state index is 14.9. The first kappa shape index (κ1) is 43.7. The zero-order chi connectivity index (χ0) is 45.7. The predicted octanol–water partition coefficient (Wildman–Crippen LogP) is 6.25. The van der Waals surface area contributed by atoms with Crippen LogP contribution in [0.25, 0.3) is 33.5 Å². The van der Waals surface area contributed by atoms with E-state index in [0.717, 1.165) is 25.0 Å². The molecule has 65 heavy (non-hydrogen) atoms. The molecule has 5 atom stereocenters. The molecule has 1 saturated heterocycles. The number of carbonyl (C=O) groups excluding carboxylic acids is 4. The van der Waals surface area contributed by atoms with Gasteiger partial charge in [-0.3, -0.25) is 23.9 Å². The highest BCUT2D eigenvalue weighted by molar-refractivity contribution is 7.91. The van der Waals surface area contributed by atoms with Crippen molar-refractivity contribution in [3.05, 3.63) is 96.1 Å². The molecule has 4 heterocycles. The van der Waals surface area contributed by atoms with Crippen molar-refractivity contribution >= 4 is 61.4 Å². The molecule has 3 aromatic carbocycles. The Bertz CT molecular complexity index is 2810. The first-order valence-electron chi connectivity index (χ1n) is 21.6. The van der Waals surface area contributed by atoms with E-state index in [1.165, 1.54) is 24.1 Å². The largest absolute Gasteiger partial charge is 0.470 e. The second kappa shape index (κ2) is 17.1. The molecule has 2 aliphatic carbocycles. The number of fused-ring (bicyclic) bond motifs is 5. The van der Waals surface area contributed by atoms with Gasteiger partial charge in [-0.25, -0.2) is 13.4 Å². The summed E-state index contributed by atoms with van der Waals surface area (Å²) in [5, 5.41) is 8.68. The number of sulfonamides is 1. The van der Waals surface area contributed by atoms with Crippen molar-refractivity contribution in [2.75, 3.05) is 18.9 Å². The van der Waals surface area contributed by atoms with Gasteiger partial charge in [0.25, 0.3) is 17.7 Å². The lowest BCUT2D eigenvalue weighted by atomic mass is 10.0. The van der Waals surface area contributed by atoms with Crippen molar-refractivity contribution in [3.63, 3.8) is 0 Å². The van der Waals surface area contributed by atoms with Crippen LogP contribution in [0, 0.1) is 5.92 Å². The molecule has 5 aromatic rings. The Morgan fingerprint density at radius 1 is 0.954 bits per heavy atom. The molecule has 0 radical (unpaired) electrons. The number of hydrogen-bond donors (Lipinski definition) is 4. The summed E-state index contributed by atoms with van der Waals surface area (Å²) in [4.78, 5) is 66.5. The number of hydrogen-bond acceptors (Lipinski definition) is 11. The van der Waals surface area contributed by atoms with Gasteiger partial charge in [0.05, 0.1) is 17.4 Å². The zero-order valence-electron chi connectivity index (χ0n) is 35.2. The number of aromatic nitrogens is 2. The monoisotopic (exact) mass is 913 g/mol. The summed E-state index contributed by atoms with van der Waals surface area (Å²) < 4.78 is 81.5. The Kier molecular flexibility index (Phi) is 11.5. The van der Waals surface area contributed by atoms with Crippen molar-refractivity contribution in [1.29, 1.82) is 0 Å². The second-order valence-electron chi connectivity index (χ2n) is 17.1. The van der Waals surface area contributed by atoms with Gasteiger partial charge in [-0.05, 0) is 87.1 Å². The number of carbonyl (C=O) groups is 4. The van der Waals surface area contributed by atoms with Gasteiger partial charge in [0.2, 0.25) is 27.4 Å². The standard InChI is InChI=1S/C46H46F3N7O8S/c1-50-40(57)27-15-19-30(20-16-27)51-34-11-6-4-2-3-5-9-29-24-45(29,44(60)55-65(61,62)32-21-22-32)54-41(58)35-23-31(25-56(35)43(34)59)63-42-38-37(33-10-7-8-12-36(33)64-38)52-39(53-42)26-13-17-28(18-14-26)46(47,48)49/h5,7-10,12-20,29,31-32,34-35,51H,2-4,6,11,21-25H2,1H3,(H,50,57)(H,54,58)(H,55,60)/b9-5-/t29-,31-,34+,35+,45-/m1/s1. The lowest BCUT2D eigenvalue weighted by Gasteiger charge is -2.30. The number of furan rings is 1. The highest BCUT2D eigenvalue weighted by Crippen LogP contribution is 2.46. The van der Waals surface area contributed by atoms with E-state index in [1.807, 2.05) is 12.2 Å². The number of alkyl halides is 3. The van der Waals surface area contributed by atoms with Crippen LogP contribution in [0.15, 0.2) is 89.4 Å². The number of para-hydroxylation sites is 1. The number of benzene rings is 3. The van der Waals surface area contributed by atoms with E-state index >= 15 is 0 Å². The molecule has 340 valence electrons. The average molecular weight is 914 g/mol. The third-order valence-electron chi connectivity index (χ3n) is 12.5. The molecular formula is C46H46F3N7O8S. The Labute approximate surface area is 371 Å². The van der Waals surface area contributed by atoms with Crippen molar-refractivity contribution in [3.8, 4) is 17.3 Å². The van der Waals surface area contributed by atoms with Crippen LogP contribution in [-0.2, 0) is 30.6 Å². The Morgan fingerprint density at radius 2 is 1.71 bits per heavy atom. The third-order valence-corrected chi connectivity index (χ3v) is 14.3. The summed E-state index contributed by atoms with van der Waals surface area (Å²) in [5.41, 5.74) is -0.284. The lowest BCUT2D eigenvalue weighted by molar-refractivity contribution is -0.140. The van der Waals surface area contributed by atoms with Crippen LogP contribution in [0.4, 0.5) is 18.9 Å². The SMILES string of the molecule is CNC(=O)c1ccc(N[C@H]2CCCCC/C=C\[C@@H]3C[C@@]3(C(=O)NS(=O)(=O)C3CC3)NC(=O)[C@@H]3C[C@@H](Oc4nc(-c5ccc(C(F)(F)F)cc5)nc5c4oc4ccccc45)CN3C2=O)cc1. The molecule has 2 aliphatic heterocycles. The minimum Gasteiger partial charge on any atom is -0.470 e. The van der Waals surface area contributed by atoms with Gasteiger partial charge in [-0.1, -0.05) is 49.3 Å². The van der Waals surface area contributed by atoms with Crippen LogP contribution in [0.3, 0.4) is 0 Å². The number of nitrogens with zero attached hydrogens (tertiary/aromatic N) is 3. The zero-order valence-corrected chi connectivity index (χ0v) is 36.0. The van der Waals surface area contributed by atoms with Crippen LogP contribution in [0.1, 0.15) is 73.7 Å². The van der Waals surface area contributed by atoms with Gasteiger partial charge in [0, 0.05) is 41.6 Å². The summed E-state index contributed by atoms with van der Waals surface area (Å²) in [6.07, 6.45) is 2.43. The highest BCUT2D eigenvalue weighted by atomic mass is 32.2. The topological polar surface area (TPSA) is 202 Å². The van der Waals surface area contributed by atoms with Crippen LogP contribution < -0.4 is 25.4 Å². The highest BCUT2D eigenvalue weighted by Gasteiger charge is 2.62. The van der Waals surface area contributed by atoms with E-state index in [-0.39, 0.29) is 48.1 Å². The van der Waals surface area contributed by atoms with E-state index in [1.54, 1.807) is 48.5 Å². The molecule has 2 aromatic heterocycles. The van der Waals surface area contributed by atoms with Crippen LogP contribution in [0.5, 0.6) is 5.88 Å². The number of anilines is 1. The fraction of sp³-hybridized carbons (Fsp3) is 0.391. The van der Waals surface area contributed by atoms with Crippen molar-refractivity contribution in [1.82, 2.24) is 30.2 Å². The van der Waals surface area contributed by atoms with Crippen molar-refractivity contribution in [2.45, 2.75) is 92.9 Å². The molecule has 4 amide bonds. The normalized spacial score (nSPS) is 24.5. The molecule has 4 aliphatic rings. The van der Waals surface area contributed by atoms with Gasteiger partial charge in [-0.2, -0.15) is 18.2 Å². The number of allylic oxidation sites excluding steroid dienone is 1. The summed E-state index contributed by atoms with van der Waals surface area (Å²) in [6, 6.07) is 16.0. The van der Waals surface area contributed by atoms with E-state index in [4.69, 9.17) is 9.15 Å². The maximum absolute atomic E-state index is 14.9. The molecule has 4 N–H and O–H groups in total. The van der Waals surface area contributed by atoms with Crippen molar-refractivity contribution < 1.29 is 49.9 Å². The predicted molar refractivity (Wildman–Crippen MR) is 233 cm³/mol. The van der Waals surface area contributed by atoms with E-state index in [2.05, 4.69) is 30.6 Å². The van der Waals surface area contributed by atoms with Crippen LogP contribution in [0.2, 0.25) is 0 Å². The molecule has 0 spiro atoms. The maximum Gasteiger partial charge on any atom is 0.416 e. The fourth-order valence-electron chi connectivity index (χ4n) is 8.65. The first-order valence-corrected chi connectivity index (χ1v) is 23.2. The Hall–Kier alpha value is -6.50. The summed E-state index contributed by atoms with van der Waals surface area (Å²) >= 11 is 0. The van der Waals surface area contributed by atoms with E-state index in [0.29, 0.717) is 59.8 Å². The third kappa shape index (κ3) is 8.97. The molecule has 9 rings (SSSR count). The van der Waals surface area contributed by atoms with Crippen LogP contribution in [-0.4, -0.2) is 89.5 Å². The molecule has 0 bridgehead atoms. The van der Waals surface area contributed by atoms with Gasteiger partial charge >= 0.3 is 6.18 Å². The summed E-state index contributed by atoms with van der Waals surface area (Å²) in [6.45, 7) is -0.134. The van der Waals surface area contributed by atoms with Gasteiger partial charge in [0.15, 0.2) is 5.82 Å². The van der Waals surface area contributed by atoms with Gasteiger partial charge < -0.3 is 30.0 Å². The first-order chi connectivity index (χ1) is 31.1. The summed E-state index contributed by atoms with van der Waals surface area (Å²) in [7, 11) is -2.44. The second-order valence-corrected chi connectivity index (χ2v) is 19.0. The molecule has 15 nitrogen and oxygen atoms in total. The van der Waals surface area contributed by atoms with Gasteiger partial charge in [0.1, 0.15) is 34.8 Å². The molecule has 0 unspecified atom stereocenters. The molecule has 19 heteroatoms. The van der Waals surface area contributed by atoms with Crippen molar-refractivity contribution in [2.24, 2.45) is 5.92 Å². The molecule has 2 saturated carbocycles. The fourth-order valence-corrected chi connectivity index (χ4v) is 10.0. The summed E-state index contributed by atoms with van der Waals surface area (Å²) in [5.74, 6) is -2.78. The number of amides is 4. The Morgan fingerprint density at radius 3 is 2.43 bits per heavy atom. The molecular weight excluding hydrogens is 868 g/mol. The minimum absolute atomic E-state index is 0.0445. The number of rotatable bonds is 9. The number of ether oxygens (including phenoxy) is 1. The lowest BCUT2D eigenvalue weighted by Crippen LogP contribution is -2.57. The smallest absolute Gasteiger partial charge is 0.416 e. The quantitative estimate of drug-likeness (QED) is 0.122. The molecule has 3 fully saturated rings. The minimum atomic E-state index is -4.57. The number of halogens is 3.